The van der Waals surface area contributed by atoms with Crippen LogP contribution in [0, 0.1) is 0 Å². The van der Waals surface area contributed by atoms with Gasteiger partial charge in [0.2, 0.25) is 0 Å². The van der Waals surface area contributed by atoms with Crippen LogP contribution in [0.15, 0.2) is 30.3 Å². The van der Waals surface area contributed by atoms with Crippen LogP contribution in [0.5, 0.6) is 0 Å². The predicted molar refractivity (Wildman–Crippen MR) is 99.1 cm³/mol. The Morgan fingerprint density at radius 2 is 1.84 bits per heavy atom. The Balaban J connectivity index is 2.98. The topological polar surface area (TPSA) is 97.0 Å². The first-order chi connectivity index (χ1) is 11.9. The molecule has 2 N–H and O–H groups in total. The molecule has 0 aliphatic heterocycles. The predicted octanol–water partition coefficient (Wildman–Crippen LogP) is 1.46. The molecular weight excluding hydrogens is 366 g/mol. The normalized spacial score (nSPS) is 11.2. The third-order valence-corrected chi connectivity index (χ3v) is 3.84. The van der Waals surface area contributed by atoms with Crippen LogP contribution in [-0.2, 0) is 19.2 Å². The number of alkyl carbamates (subject to hydrolysis) is 1. The standard InChI is InChI=1S/C15H19N3O5S2/c1-22-15(21)17-14(24)16-13(20)11(9-12(19)25-3)18(23-2)10-7-5-4-6-8-10/h4-8,11H,9H2,1-3H3,(H2,16,17,20,21,24). The Kier molecular flexibility index (Phi) is 8.89. The molecule has 0 aromatic heterocycles. The summed E-state index contributed by atoms with van der Waals surface area (Å²) in [6.07, 6.45) is 0.699. The van der Waals surface area contributed by atoms with Crippen molar-refractivity contribution >= 4 is 51.9 Å². The number of thioether (sulfide) groups is 1. The molecule has 1 rings (SSSR count). The van der Waals surface area contributed by atoms with Gasteiger partial charge in [0, 0.05) is 6.42 Å². The lowest BCUT2D eigenvalue weighted by Crippen LogP contribution is -2.52. The van der Waals surface area contributed by atoms with Gasteiger partial charge < -0.3 is 10.1 Å². The summed E-state index contributed by atoms with van der Waals surface area (Å²) in [5, 5.41) is 5.40. The number of carbonyl (C=O) groups excluding carboxylic acids is 3. The van der Waals surface area contributed by atoms with E-state index < -0.39 is 18.0 Å². The van der Waals surface area contributed by atoms with Crippen LogP contribution in [0.1, 0.15) is 6.42 Å². The van der Waals surface area contributed by atoms with Crippen molar-refractivity contribution in [2.45, 2.75) is 12.5 Å². The van der Waals surface area contributed by atoms with Crippen molar-refractivity contribution in [3.63, 3.8) is 0 Å². The Morgan fingerprint density at radius 3 is 2.36 bits per heavy atom. The van der Waals surface area contributed by atoms with Crippen LogP contribution in [0.2, 0.25) is 0 Å². The number of carbonyl (C=O) groups is 3. The van der Waals surface area contributed by atoms with Crippen molar-refractivity contribution in [3.8, 4) is 0 Å². The lowest BCUT2D eigenvalue weighted by Gasteiger charge is -2.29. The molecule has 0 fully saturated rings. The molecule has 1 aromatic carbocycles. The summed E-state index contributed by atoms with van der Waals surface area (Å²) in [7, 11) is 2.56. The van der Waals surface area contributed by atoms with Gasteiger partial charge >= 0.3 is 6.09 Å². The van der Waals surface area contributed by atoms with E-state index in [1.54, 1.807) is 30.5 Å². The number of hydrogen-bond acceptors (Lipinski definition) is 8. The molecule has 0 radical (unpaired) electrons. The smallest absolute Gasteiger partial charge is 0.413 e. The van der Waals surface area contributed by atoms with Gasteiger partial charge in [0.1, 0.15) is 6.04 Å². The first-order valence-electron chi connectivity index (χ1n) is 7.08. The molecule has 0 bridgehead atoms. The highest BCUT2D eigenvalue weighted by Crippen LogP contribution is 2.20. The second-order valence-corrected chi connectivity index (χ2v) is 5.85. The lowest BCUT2D eigenvalue weighted by atomic mass is 10.1. The van der Waals surface area contributed by atoms with Crippen LogP contribution in [0.25, 0.3) is 0 Å². The monoisotopic (exact) mass is 385 g/mol. The minimum absolute atomic E-state index is 0.115. The molecule has 0 saturated heterocycles. The number of amides is 2. The summed E-state index contributed by atoms with van der Waals surface area (Å²) in [4.78, 5) is 40.9. The lowest BCUT2D eigenvalue weighted by molar-refractivity contribution is -0.125. The molecule has 8 nitrogen and oxygen atoms in total. The zero-order valence-corrected chi connectivity index (χ0v) is 15.6. The van der Waals surface area contributed by atoms with Gasteiger partial charge in [-0.05, 0) is 30.6 Å². The summed E-state index contributed by atoms with van der Waals surface area (Å²) in [5.41, 5.74) is 0.589. The Morgan fingerprint density at radius 1 is 1.20 bits per heavy atom. The maximum atomic E-state index is 12.6. The molecule has 0 spiro atoms. The van der Waals surface area contributed by atoms with Gasteiger partial charge in [-0.15, -0.1) is 0 Å². The van der Waals surface area contributed by atoms with E-state index in [0.717, 1.165) is 11.8 Å². The molecule has 0 saturated carbocycles. The third kappa shape index (κ3) is 6.69. The fourth-order valence-electron chi connectivity index (χ4n) is 1.88. The van der Waals surface area contributed by atoms with Gasteiger partial charge in [0.25, 0.3) is 5.91 Å². The van der Waals surface area contributed by atoms with Gasteiger partial charge in [0.05, 0.1) is 19.9 Å². The second kappa shape index (κ2) is 10.6. The number of para-hydroxylation sites is 1. The van der Waals surface area contributed by atoms with Crippen LogP contribution in [0.4, 0.5) is 10.5 Å². The van der Waals surface area contributed by atoms with Gasteiger partial charge in [0.15, 0.2) is 10.2 Å². The zero-order chi connectivity index (χ0) is 18.8. The third-order valence-electron chi connectivity index (χ3n) is 3.02. The van der Waals surface area contributed by atoms with Crippen molar-refractivity contribution in [1.82, 2.24) is 10.6 Å². The minimum Gasteiger partial charge on any atom is -0.453 e. The molecule has 10 heteroatoms. The quantitative estimate of drug-likeness (QED) is 0.561. The van der Waals surface area contributed by atoms with Gasteiger partial charge in [-0.3, -0.25) is 19.7 Å². The van der Waals surface area contributed by atoms with E-state index in [2.05, 4.69) is 15.4 Å². The maximum absolute atomic E-state index is 12.6. The number of methoxy groups -OCH3 is 1. The van der Waals surface area contributed by atoms with Crippen LogP contribution in [0.3, 0.4) is 0 Å². The highest BCUT2D eigenvalue weighted by Gasteiger charge is 2.30. The average molecular weight is 385 g/mol. The number of nitrogens with zero attached hydrogens (tertiary/aromatic N) is 1. The van der Waals surface area contributed by atoms with Crippen LogP contribution >= 0.6 is 24.0 Å². The van der Waals surface area contributed by atoms with E-state index in [4.69, 9.17) is 17.1 Å². The fourth-order valence-corrected chi connectivity index (χ4v) is 2.39. The summed E-state index contributed by atoms with van der Waals surface area (Å²) in [6.45, 7) is 0. The molecule has 0 aliphatic rings. The van der Waals surface area contributed by atoms with E-state index in [1.807, 2.05) is 6.07 Å². The summed E-state index contributed by atoms with van der Waals surface area (Å²) < 4.78 is 4.40. The van der Waals surface area contributed by atoms with Gasteiger partial charge in [-0.25, -0.2) is 9.86 Å². The summed E-state index contributed by atoms with van der Waals surface area (Å²) in [5.74, 6) is -0.602. The summed E-state index contributed by atoms with van der Waals surface area (Å²) >= 11 is 5.88. The van der Waals surface area contributed by atoms with E-state index in [-0.39, 0.29) is 16.6 Å². The Hall–Kier alpha value is -2.17. The number of nitrogens with one attached hydrogen (secondary N) is 2. The second-order valence-electron chi connectivity index (χ2n) is 4.57. The Labute approximate surface area is 155 Å². The molecule has 136 valence electrons. The molecule has 1 unspecified atom stereocenters. The van der Waals surface area contributed by atoms with Crippen molar-refractivity contribution in [2.75, 3.05) is 25.5 Å². The highest BCUT2D eigenvalue weighted by molar-refractivity contribution is 8.13. The number of rotatable bonds is 6. The number of anilines is 1. The van der Waals surface area contributed by atoms with E-state index >= 15 is 0 Å². The van der Waals surface area contributed by atoms with E-state index in [9.17, 15) is 14.4 Å². The molecule has 1 atom stereocenters. The van der Waals surface area contributed by atoms with Gasteiger partial charge in [-0.1, -0.05) is 30.0 Å². The van der Waals surface area contributed by atoms with Crippen LogP contribution in [-0.4, -0.2) is 48.7 Å². The largest absolute Gasteiger partial charge is 0.453 e. The van der Waals surface area contributed by atoms with Crippen LogP contribution < -0.4 is 15.7 Å². The first kappa shape index (κ1) is 20.9. The zero-order valence-electron chi connectivity index (χ0n) is 14.0. The maximum Gasteiger partial charge on any atom is 0.413 e. The van der Waals surface area contributed by atoms with Gasteiger partial charge in [-0.2, -0.15) is 0 Å². The van der Waals surface area contributed by atoms with Crippen molar-refractivity contribution < 1.29 is 24.0 Å². The highest BCUT2D eigenvalue weighted by atomic mass is 32.2. The Bertz CT molecular complexity index is 627. The molecule has 1 aromatic rings. The molecule has 0 aliphatic carbocycles. The summed E-state index contributed by atoms with van der Waals surface area (Å²) in [6, 6.07) is 7.85. The first-order valence-corrected chi connectivity index (χ1v) is 8.71. The van der Waals surface area contributed by atoms with Crippen molar-refractivity contribution in [2.24, 2.45) is 0 Å². The fraction of sp³-hybridized carbons (Fsp3) is 0.333. The molecule has 2 amide bonds. The molecular formula is C15H19N3O5S2. The van der Waals surface area contributed by atoms with E-state index in [1.165, 1.54) is 19.3 Å². The average Bonchev–Trinajstić information content (AvgIpc) is 2.61. The van der Waals surface area contributed by atoms with Crippen molar-refractivity contribution in [3.05, 3.63) is 30.3 Å². The molecule has 0 heterocycles. The van der Waals surface area contributed by atoms with Crippen molar-refractivity contribution in [1.29, 1.82) is 0 Å². The number of hydrogen-bond donors (Lipinski definition) is 2. The number of benzene rings is 1. The number of hydroxylamine groups is 1. The minimum atomic E-state index is -0.982. The molecule has 25 heavy (non-hydrogen) atoms. The SMILES string of the molecule is COC(=O)NC(=S)NC(=O)C(CC(=O)SC)N(OC)c1ccccc1. The number of thiocarbonyl (C=S) groups is 1. The number of ether oxygens (including phenoxy) is 1. The van der Waals surface area contributed by atoms with E-state index in [0.29, 0.717) is 5.69 Å².